The molecule has 2 rings (SSSR count). The standard InChI is InChI=1S/C14H17FN2/c1-2-17-9-5-7-13(17)11-16-10-12-6-3-4-8-14(12)15/h3-9,16H,2,10-11H2,1H3. The maximum absolute atomic E-state index is 13.4. The molecule has 1 N–H and O–H groups in total. The first kappa shape index (κ1) is 11.9. The van der Waals surface area contributed by atoms with Crippen molar-refractivity contribution in [2.75, 3.05) is 0 Å². The van der Waals surface area contributed by atoms with Crippen molar-refractivity contribution < 1.29 is 4.39 Å². The molecule has 0 aliphatic heterocycles. The predicted octanol–water partition coefficient (Wildman–Crippen LogP) is 2.94. The molecule has 0 aliphatic carbocycles. The van der Waals surface area contributed by atoms with E-state index in [9.17, 15) is 4.39 Å². The molecular weight excluding hydrogens is 215 g/mol. The van der Waals surface area contributed by atoms with Crippen LogP contribution in [-0.2, 0) is 19.6 Å². The van der Waals surface area contributed by atoms with Gasteiger partial charge >= 0.3 is 0 Å². The lowest BCUT2D eigenvalue weighted by molar-refractivity contribution is 0.577. The third-order valence-corrected chi connectivity index (χ3v) is 2.84. The summed E-state index contributed by atoms with van der Waals surface area (Å²) in [7, 11) is 0. The first-order valence-corrected chi connectivity index (χ1v) is 5.89. The third kappa shape index (κ3) is 2.94. The van der Waals surface area contributed by atoms with Crippen LogP contribution in [0.2, 0.25) is 0 Å². The molecule has 0 saturated carbocycles. The Morgan fingerprint density at radius 3 is 2.71 bits per heavy atom. The zero-order chi connectivity index (χ0) is 12.1. The third-order valence-electron chi connectivity index (χ3n) is 2.84. The topological polar surface area (TPSA) is 17.0 Å². The zero-order valence-electron chi connectivity index (χ0n) is 9.99. The molecule has 3 heteroatoms. The molecule has 90 valence electrons. The summed E-state index contributed by atoms with van der Waals surface area (Å²) >= 11 is 0. The Labute approximate surface area is 101 Å². The van der Waals surface area contributed by atoms with Gasteiger partial charge in [-0.05, 0) is 25.1 Å². The maximum Gasteiger partial charge on any atom is 0.127 e. The van der Waals surface area contributed by atoms with Crippen LogP contribution in [0.25, 0.3) is 0 Å². The second-order valence-corrected chi connectivity index (χ2v) is 3.98. The molecule has 1 aromatic carbocycles. The summed E-state index contributed by atoms with van der Waals surface area (Å²) < 4.78 is 15.5. The van der Waals surface area contributed by atoms with E-state index in [-0.39, 0.29) is 5.82 Å². The van der Waals surface area contributed by atoms with Crippen LogP contribution in [0.3, 0.4) is 0 Å². The number of halogens is 1. The zero-order valence-corrected chi connectivity index (χ0v) is 9.99. The van der Waals surface area contributed by atoms with Crippen molar-refractivity contribution in [2.45, 2.75) is 26.6 Å². The smallest absolute Gasteiger partial charge is 0.127 e. The van der Waals surface area contributed by atoms with Crippen LogP contribution in [0.4, 0.5) is 4.39 Å². The van der Waals surface area contributed by atoms with E-state index < -0.39 is 0 Å². The molecule has 0 saturated heterocycles. The minimum absolute atomic E-state index is 0.147. The average molecular weight is 232 g/mol. The first-order valence-electron chi connectivity index (χ1n) is 5.89. The van der Waals surface area contributed by atoms with Crippen LogP contribution in [0.5, 0.6) is 0 Å². The van der Waals surface area contributed by atoms with Gasteiger partial charge in [0.1, 0.15) is 5.82 Å². The van der Waals surface area contributed by atoms with Gasteiger partial charge in [0.15, 0.2) is 0 Å². The predicted molar refractivity (Wildman–Crippen MR) is 67.0 cm³/mol. The highest BCUT2D eigenvalue weighted by Gasteiger charge is 2.01. The van der Waals surface area contributed by atoms with Gasteiger partial charge in [0.2, 0.25) is 0 Å². The van der Waals surface area contributed by atoms with Crippen molar-refractivity contribution in [2.24, 2.45) is 0 Å². The molecule has 0 aliphatic rings. The highest BCUT2D eigenvalue weighted by Crippen LogP contribution is 2.07. The SMILES string of the molecule is CCn1cccc1CNCc1ccccc1F. The molecule has 17 heavy (non-hydrogen) atoms. The molecule has 0 fully saturated rings. The van der Waals surface area contributed by atoms with Gasteiger partial charge in [-0.3, -0.25) is 0 Å². The summed E-state index contributed by atoms with van der Waals surface area (Å²) in [5, 5.41) is 3.26. The van der Waals surface area contributed by atoms with E-state index in [2.05, 4.69) is 29.1 Å². The van der Waals surface area contributed by atoms with E-state index in [1.165, 1.54) is 11.8 Å². The number of benzene rings is 1. The van der Waals surface area contributed by atoms with Crippen LogP contribution in [-0.4, -0.2) is 4.57 Å². The fraction of sp³-hybridized carbons (Fsp3) is 0.286. The lowest BCUT2D eigenvalue weighted by atomic mass is 10.2. The fourth-order valence-electron chi connectivity index (χ4n) is 1.89. The molecule has 0 radical (unpaired) electrons. The van der Waals surface area contributed by atoms with Gasteiger partial charge in [-0.25, -0.2) is 4.39 Å². The second kappa shape index (κ2) is 5.64. The molecule has 2 aromatic rings. The highest BCUT2D eigenvalue weighted by molar-refractivity contribution is 5.17. The van der Waals surface area contributed by atoms with Crippen molar-refractivity contribution >= 4 is 0 Å². The summed E-state index contributed by atoms with van der Waals surface area (Å²) in [4.78, 5) is 0. The summed E-state index contributed by atoms with van der Waals surface area (Å²) in [6, 6.07) is 11.0. The Hall–Kier alpha value is -1.61. The maximum atomic E-state index is 13.4. The Morgan fingerprint density at radius 1 is 1.12 bits per heavy atom. The van der Waals surface area contributed by atoms with Crippen molar-refractivity contribution in [3.8, 4) is 0 Å². The lowest BCUT2D eigenvalue weighted by Gasteiger charge is -2.08. The monoisotopic (exact) mass is 232 g/mol. The first-order chi connectivity index (χ1) is 8.31. The van der Waals surface area contributed by atoms with E-state index in [1.54, 1.807) is 12.1 Å². The van der Waals surface area contributed by atoms with Crippen LogP contribution in [0, 0.1) is 5.82 Å². The van der Waals surface area contributed by atoms with Gasteiger partial charge in [-0.2, -0.15) is 0 Å². The second-order valence-electron chi connectivity index (χ2n) is 3.98. The number of aromatic nitrogens is 1. The van der Waals surface area contributed by atoms with Crippen LogP contribution in [0.15, 0.2) is 42.6 Å². The lowest BCUT2D eigenvalue weighted by Crippen LogP contribution is -2.16. The molecule has 0 bridgehead atoms. The molecule has 1 heterocycles. The number of nitrogens with one attached hydrogen (secondary N) is 1. The highest BCUT2D eigenvalue weighted by atomic mass is 19.1. The van der Waals surface area contributed by atoms with E-state index in [1.807, 2.05) is 12.1 Å². The van der Waals surface area contributed by atoms with E-state index >= 15 is 0 Å². The van der Waals surface area contributed by atoms with Crippen LogP contribution < -0.4 is 5.32 Å². The van der Waals surface area contributed by atoms with E-state index in [4.69, 9.17) is 0 Å². The Balaban J connectivity index is 1.90. The van der Waals surface area contributed by atoms with Crippen LogP contribution >= 0.6 is 0 Å². The minimum Gasteiger partial charge on any atom is -0.351 e. The molecular formula is C14H17FN2. The van der Waals surface area contributed by atoms with E-state index in [0.29, 0.717) is 12.1 Å². The number of hydrogen-bond acceptors (Lipinski definition) is 1. The average Bonchev–Trinajstić information content (AvgIpc) is 2.79. The van der Waals surface area contributed by atoms with Crippen molar-refractivity contribution in [3.05, 3.63) is 59.7 Å². The summed E-state index contributed by atoms with van der Waals surface area (Å²) in [6.45, 7) is 4.39. The van der Waals surface area contributed by atoms with Crippen molar-refractivity contribution in [3.63, 3.8) is 0 Å². The number of aryl methyl sites for hydroxylation is 1. The molecule has 1 aromatic heterocycles. The Morgan fingerprint density at radius 2 is 1.94 bits per heavy atom. The van der Waals surface area contributed by atoms with Gasteiger partial charge in [-0.15, -0.1) is 0 Å². The van der Waals surface area contributed by atoms with Gasteiger partial charge in [0.05, 0.1) is 0 Å². The summed E-state index contributed by atoms with van der Waals surface area (Å²) in [5.74, 6) is -0.147. The molecule has 0 spiro atoms. The van der Waals surface area contributed by atoms with Gasteiger partial charge in [0.25, 0.3) is 0 Å². The van der Waals surface area contributed by atoms with Crippen LogP contribution in [0.1, 0.15) is 18.2 Å². The van der Waals surface area contributed by atoms with Crippen molar-refractivity contribution in [1.29, 1.82) is 0 Å². The Kier molecular flexibility index (Phi) is 3.94. The van der Waals surface area contributed by atoms with Gasteiger partial charge < -0.3 is 9.88 Å². The molecule has 0 unspecified atom stereocenters. The number of rotatable bonds is 5. The largest absolute Gasteiger partial charge is 0.351 e. The van der Waals surface area contributed by atoms with Gasteiger partial charge in [-0.1, -0.05) is 18.2 Å². The minimum atomic E-state index is -0.147. The number of hydrogen-bond donors (Lipinski definition) is 1. The normalized spacial score (nSPS) is 10.7. The quantitative estimate of drug-likeness (QED) is 0.838. The van der Waals surface area contributed by atoms with Crippen molar-refractivity contribution in [1.82, 2.24) is 9.88 Å². The Bertz CT molecular complexity index is 477. The molecule has 2 nitrogen and oxygen atoms in total. The molecule has 0 amide bonds. The number of nitrogens with zero attached hydrogens (tertiary/aromatic N) is 1. The van der Waals surface area contributed by atoms with Gasteiger partial charge in [0, 0.05) is 37.1 Å². The van der Waals surface area contributed by atoms with E-state index in [0.717, 1.165) is 13.1 Å². The summed E-state index contributed by atoms with van der Waals surface area (Å²) in [6.07, 6.45) is 2.06. The summed E-state index contributed by atoms with van der Waals surface area (Å²) in [5.41, 5.74) is 1.94. The fourth-order valence-corrected chi connectivity index (χ4v) is 1.89. The molecule has 0 atom stereocenters.